The molecule has 0 saturated carbocycles. The van der Waals surface area contributed by atoms with Crippen molar-refractivity contribution in [2.45, 2.75) is 0 Å². The minimum absolute atomic E-state index is 0.0350. The van der Waals surface area contributed by atoms with E-state index in [0.717, 1.165) is 34.2 Å². The molecule has 0 N–H and O–H groups in total. The highest BCUT2D eigenvalue weighted by Crippen LogP contribution is 2.30. The number of aromatic nitrogens is 2. The Hall–Kier alpha value is -2.60. The van der Waals surface area contributed by atoms with Crippen LogP contribution in [0.5, 0.6) is 6.01 Å². The number of ether oxygens (including phenoxy) is 1. The van der Waals surface area contributed by atoms with Gasteiger partial charge in [0.1, 0.15) is 0 Å². The maximum absolute atomic E-state index is 12.9. The molecule has 3 aromatic rings. The number of amides is 1. The van der Waals surface area contributed by atoms with Gasteiger partial charge in [-0.2, -0.15) is 11.8 Å². The van der Waals surface area contributed by atoms with Crippen LogP contribution in [0.15, 0.2) is 48.8 Å². The maximum Gasteiger partial charge on any atom is 0.316 e. The van der Waals surface area contributed by atoms with Crippen LogP contribution >= 0.6 is 11.8 Å². The fraction of sp³-hybridized carbons (Fsp3) is 0.250. The van der Waals surface area contributed by atoms with Crippen molar-refractivity contribution in [2.24, 2.45) is 0 Å². The predicted molar refractivity (Wildman–Crippen MR) is 107 cm³/mol. The zero-order chi connectivity index (χ0) is 18.5. The van der Waals surface area contributed by atoms with E-state index >= 15 is 0 Å². The second-order valence-corrected chi connectivity index (χ2v) is 6.87. The molecule has 0 fully saturated rings. The number of hydrogen-bond donors (Lipinski definition) is 0. The number of methoxy groups -OCH3 is 1. The van der Waals surface area contributed by atoms with Crippen LogP contribution in [0.25, 0.3) is 21.9 Å². The largest absolute Gasteiger partial charge is 0.467 e. The summed E-state index contributed by atoms with van der Waals surface area (Å²) in [5.74, 6) is 0.953. The predicted octanol–water partition coefficient (Wildman–Crippen LogP) is 3.74. The van der Waals surface area contributed by atoms with Gasteiger partial charge in [-0.15, -0.1) is 0 Å². The summed E-state index contributed by atoms with van der Waals surface area (Å²) in [6, 6.07) is 12.1. The Morgan fingerprint density at radius 1 is 1.12 bits per heavy atom. The first-order chi connectivity index (χ1) is 12.7. The van der Waals surface area contributed by atoms with Gasteiger partial charge in [-0.3, -0.25) is 4.79 Å². The number of carbonyl (C=O) groups excluding carboxylic acids is 1. The molecule has 2 aromatic carbocycles. The summed E-state index contributed by atoms with van der Waals surface area (Å²) in [6.07, 6.45) is 5.51. The van der Waals surface area contributed by atoms with E-state index in [0.29, 0.717) is 11.6 Å². The molecule has 0 bridgehead atoms. The molecule has 0 aliphatic rings. The number of rotatable bonds is 6. The van der Waals surface area contributed by atoms with Crippen LogP contribution in [0.1, 0.15) is 10.4 Å². The van der Waals surface area contributed by atoms with Gasteiger partial charge >= 0.3 is 6.01 Å². The topological polar surface area (TPSA) is 55.3 Å². The standard InChI is InChI=1S/C20H21N3O2S/c1-23(10-11-26-3)19(24)18-9-5-7-16-15(6-4-8-17(16)18)14-12-21-20(25-2)22-13-14/h4-9,12-13H,10-11H2,1-3H3. The lowest BCUT2D eigenvalue weighted by Gasteiger charge is -2.18. The van der Waals surface area contributed by atoms with Crippen molar-refractivity contribution < 1.29 is 9.53 Å². The van der Waals surface area contributed by atoms with Gasteiger partial charge in [0.15, 0.2) is 0 Å². The first kappa shape index (κ1) is 18.2. The molecule has 0 aliphatic carbocycles. The van der Waals surface area contributed by atoms with Gasteiger partial charge in [0.05, 0.1) is 7.11 Å². The van der Waals surface area contributed by atoms with Crippen molar-refractivity contribution in [3.05, 3.63) is 54.4 Å². The summed E-state index contributed by atoms with van der Waals surface area (Å²) in [7, 11) is 3.39. The van der Waals surface area contributed by atoms with E-state index < -0.39 is 0 Å². The molecule has 0 radical (unpaired) electrons. The van der Waals surface area contributed by atoms with Gasteiger partial charge in [-0.25, -0.2) is 9.97 Å². The Morgan fingerprint density at radius 2 is 1.81 bits per heavy atom. The number of nitrogens with zero attached hydrogens (tertiary/aromatic N) is 3. The van der Waals surface area contributed by atoms with Crippen LogP contribution in [-0.4, -0.2) is 53.5 Å². The highest BCUT2D eigenvalue weighted by atomic mass is 32.2. The number of benzene rings is 2. The van der Waals surface area contributed by atoms with E-state index in [4.69, 9.17) is 4.74 Å². The van der Waals surface area contributed by atoms with Crippen LogP contribution in [0.4, 0.5) is 0 Å². The van der Waals surface area contributed by atoms with Gasteiger partial charge in [0, 0.05) is 42.9 Å². The lowest BCUT2D eigenvalue weighted by atomic mass is 9.96. The molecule has 1 aromatic heterocycles. The minimum Gasteiger partial charge on any atom is -0.467 e. The fourth-order valence-electron chi connectivity index (χ4n) is 2.84. The van der Waals surface area contributed by atoms with E-state index in [2.05, 4.69) is 9.97 Å². The SMILES string of the molecule is COc1ncc(-c2cccc3c(C(=O)N(C)CCSC)cccc23)cn1. The Bertz CT molecular complexity index is 913. The van der Waals surface area contributed by atoms with Gasteiger partial charge in [-0.1, -0.05) is 30.3 Å². The molecule has 5 nitrogen and oxygen atoms in total. The average molecular weight is 367 g/mol. The summed E-state index contributed by atoms with van der Waals surface area (Å²) >= 11 is 1.73. The first-order valence-corrected chi connectivity index (χ1v) is 9.67. The summed E-state index contributed by atoms with van der Waals surface area (Å²) in [4.78, 5) is 23.0. The number of thioether (sulfide) groups is 1. The van der Waals surface area contributed by atoms with Crippen LogP contribution in [-0.2, 0) is 0 Å². The summed E-state index contributed by atoms with van der Waals surface area (Å²) in [5.41, 5.74) is 2.59. The second kappa shape index (κ2) is 8.19. The summed E-state index contributed by atoms with van der Waals surface area (Å²) in [6.45, 7) is 0.725. The molecule has 0 unspecified atom stereocenters. The fourth-order valence-corrected chi connectivity index (χ4v) is 3.30. The second-order valence-electron chi connectivity index (χ2n) is 5.88. The van der Waals surface area contributed by atoms with E-state index in [1.807, 2.05) is 49.7 Å². The van der Waals surface area contributed by atoms with Gasteiger partial charge in [0.2, 0.25) is 0 Å². The van der Waals surface area contributed by atoms with Crippen molar-refractivity contribution >= 4 is 28.4 Å². The lowest BCUT2D eigenvalue weighted by molar-refractivity contribution is 0.0805. The lowest BCUT2D eigenvalue weighted by Crippen LogP contribution is -2.29. The highest BCUT2D eigenvalue weighted by Gasteiger charge is 2.16. The molecular weight excluding hydrogens is 346 g/mol. The van der Waals surface area contributed by atoms with E-state index in [1.54, 1.807) is 36.2 Å². The zero-order valence-corrected chi connectivity index (χ0v) is 15.9. The van der Waals surface area contributed by atoms with E-state index in [-0.39, 0.29) is 5.91 Å². The van der Waals surface area contributed by atoms with Crippen LogP contribution in [0.2, 0.25) is 0 Å². The van der Waals surface area contributed by atoms with Crippen molar-refractivity contribution in [2.75, 3.05) is 32.7 Å². The molecule has 1 heterocycles. The molecule has 26 heavy (non-hydrogen) atoms. The minimum atomic E-state index is 0.0350. The molecule has 6 heteroatoms. The monoisotopic (exact) mass is 367 g/mol. The highest BCUT2D eigenvalue weighted by molar-refractivity contribution is 7.98. The molecule has 0 saturated heterocycles. The van der Waals surface area contributed by atoms with E-state index in [9.17, 15) is 4.79 Å². The summed E-state index contributed by atoms with van der Waals surface area (Å²) < 4.78 is 5.03. The third kappa shape index (κ3) is 3.65. The van der Waals surface area contributed by atoms with E-state index in [1.165, 1.54) is 0 Å². The first-order valence-electron chi connectivity index (χ1n) is 8.28. The van der Waals surface area contributed by atoms with Crippen LogP contribution in [0.3, 0.4) is 0 Å². The molecule has 0 spiro atoms. The average Bonchev–Trinajstić information content (AvgIpc) is 2.70. The Kier molecular flexibility index (Phi) is 5.73. The number of fused-ring (bicyclic) bond motifs is 1. The maximum atomic E-state index is 12.9. The molecule has 134 valence electrons. The molecular formula is C20H21N3O2S. The smallest absolute Gasteiger partial charge is 0.316 e. The zero-order valence-electron chi connectivity index (χ0n) is 15.1. The molecule has 0 aliphatic heterocycles. The third-order valence-corrected chi connectivity index (χ3v) is 4.84. The van der Waals surface area contributed by atoms with Crippen molar-refractivity contribution in [1.29, 1.82) is 0 Å². The summed E-state index contributed by atoms with van der Waals surface area (Å²) in [5, 5.41) is 1.94. The molecule has 1 amide bonds. The van der Waals surface area contributed by atoms with Crippen molar-refractivity contribution in [3.63, 3.8) is 0 Å². The normalized spacial score (nSPS) is 10.7. The third-order valence-electron chi connectivity index (χ3n) is 4.25. The molecule has 3 rings (SSSR count). The number of hydrogen-bond acceptors (Lipinski definition) is 5. The van der Waals surface area contributed by atoms with Gasteiger partial charge < -0.3 is 9.64 Å². The van der Waals surface area contributed by atoms with Gasteiger partial charge in [-0.05, 0) is 28.7 Å². The van der Waals surface area contributed by atoms with Crippen LogP contribution < -0.4 is 4.74 Å². The quantitative estimate of drug-likeness (QED) is 0.664. The Labute approximate surface area is 157 Å². The molecule has 0 atom stereocenters. The van der Waals surface area contributed by atoms with Crippen molar-refractivity contribution in [1.82, 2.24) is 14.9 Å². The van der Waals surface area contributed by atoms with Gasteiger partial charge in [0.25, 0.3) is 5.91 Å². The number of carbonyl (C=O) groups is 1. The Balaban J connectivity index is 2.04. The Morgan fingerprint density at radius 3 is 2.50 bits per heavy atom. The van der Waals surface area contributed by atoms with Crippen LogP contribution in [0, 0.1) is 0 Å². The van der Waals surface area contributed by atoms with Crippen molar-refractivity contribution in [3.8, 4) is 17.1 Å².